The zero-order valence-corrected chi connectivity index (χ0v) is 15.7. The van der Waals surface area contributed by atoms with Crippen LogP contribution in [0.4, 0.5) is 0 Å². The van der Waals surface area contributed by atoms with Gasteiger partial charge >= 0.3 is 5.97 Å². The second kappa shape index (κ2) is 8.01. The summed E-state index contributed by atoms with van der Waals surface area (Å²) in [6, 6.07) is 8.79. The Bertz CT molecular complexity index is 1080. The normalized spacial score (nSPS) is 10.6. The van der Waals surface area contributed by atoms with Gasteiger partial charge in [0.25, 0.3) is 5.56 Å². The molecule has 0 atom stereocenters. The van der Waals surface area contributed by atoms with Crippen LogP contribution in [-0.2, 0) is 11.3 Å². The fourth-order valence-corrected chi connectivity index (χ4v) is 3.63. The van der Waals surface area contributed by atoms with E-state index in [1.165, 1.54) is 10.9 Å². The highest BCUT2D eigenvalue weighted by molar-refractivity contribution is 7.20. The van der Waals surface area contributed by atoms with Crippen molar-refractivity contribution in [3.63, 3.8) is 0 Å². The summed E-state index contributed by atoms with van der Waals surface area (Å²) in [7, 11) is 0. The molecular formula is C19H17N3O4S. The third kappa shape index (κ3) is 3.83. The monoisotopic (exact) mass is 383 g/mol. The molecule has 0 N–H and O–H groups in total. The van der Waals surface area contributed by atoms with E-state index < -0.39 is 5.97 Å². The number of ether oxygens (including phenoxy) is 2. The van der Waals surface area contributed by atoms with E-state index in [0.717, 1.165) is 11.3 Å². The van der Waals surface area contributed by atoms with Crippen molar-refractivity contribution in [3.05, 3.63) is 57.0 Å². The summed E-state index contributed by atoms with van der Waals surface area (Å²) in [5.41, 5.74) is 0.930. The lowest BCUT2D eigenvalue weighted by Crippen LogP contribution is -2.23. The summed E-state index contributed by atoms with van der Waals surface area (Å²) in [6.07, 6.45) is 1.46. The third-order valence-electron chi connectivity index (χ3n) is 3.96. The Kier molecular flexibility index (Phi) is 5.52. The van der Waals surface area contributed by atoms with Crippen LogP contribution in [0.3, 0.4) is 0 Å². The average molecular weight is 383 g/mol. The van der Waals surface area contributed by atoms with Crippen LogP contribution >= 0.6 is 11.3 Å². The molecule has 2 aromatic heterocycles. The van der Waals surface area contributed by atoms with Crippen molar-refractivity contribution in [1.82, 2.24) is 9.55 Å². The summed E-state index contributed by atoms with van der Waals surface area (Å²) < 4.78 is 12.1. The Morgan fingerprint density at radius 3 is 2.74 bits per heavy atom. The molecule has 138 valence electrons. The van der Waals surface area contributed by atoms with Crippen molar-refractivity contribution in [3.8, 4) is 11.8 Å². The summed E-state index contributed by atoms with van der Waals surface area (Å²) >= 11 is 1.16. The lowest BCUT2D eigenvalue weighted by Gasteiger charge is -2.08. The van der Waals surface area contributed by atoms with Crippen molar-refractivity contribution in [2.75, 3.05) is 13.2 Å². The first-order chi connectivity index (χ1) is 13.0. The van der Waals surface area contributed by atoms with Gasteiger partial charge in [-0.3, -0.25) is 9.36 Å². The smallest absolute Gasteiger partial charge is 0.348 e. The number of thiophene rings is 1. The Hall–Kier alpha value is -3.18. The third-order valence-corrected chi connectivity index (χ3v) is 5.14. The zero-order chi connectivity index (χ0) is 19.4. The largest absolute Gasteiger partial charge is 0.492 e. The summed E-state index contributed by atoms with van der Waals surface area (Å²) in [5.74, 6) is 0.181. The Labute approximate surface area is 159 Å². The topological polar surface area (TPSA) is 94.2 Å². The van der Waals surface area contributed by atoms with Crippen LogP contribution in [0.25, 0.3) is 10.2 Å². The molecule has 1 aromatic carbocycles. The molecule has 0 spiro atoms. The Morgan fingerprint density at radius 1 is 1.33 bits per heavy atom. The van der Waals surface area contributed by atoms with Crippen LogP contribution in [0.2, 0.25) is 0 Å². The molecule has 0 aliphatic carbocycles. The number of aromatic nitrogens is 2. The van der Waals surface area contributed by atoms with Crippen molar-refractivity contribution in [1.29, 1.82) is 5.26 Å². The molecule has 0 saturated carbocycles. The van der Waals surface area contributed by atoms with Crippen molar-refractivity contribution in [2.24, 2.45) is 0 Å². The van der Waals surface area contributed by atoms with Gasteiger partial charge in [-0.2, -0.15) is 5.26 Å². The fraction of sp³-hybridized carbons (Fsp3) is 0.263. The minimum absolute atomic E-state index is 0.215. The molecule has 0 aliphatic heterocycles. The van der Waals surface area contributed by atoms with E-state index in [9.17, 15) is 9.59 Å². The lowest BCUT2D eigenvalue weighted by atomic mass is 10.2. The first-order valence-electron chi connectivity index (χ1n) is 8.33. The summed E-state index contributed by atoms with van der Waals surface area (Å²) in [5, 5.41) is 9.23. The number of benzene rings is 1. The van der Waals surface area contributed by atoms with Gasteiger partial charge in [0.1, 0.15) is 22.1 Å². The molecule has 7 nitrogen and oxygen atoms in total. The average Bonchev–Trinajstić information content (AvgIpc) is 3.02. The predicted octanol–water partition coefficient (Wildman–Crippen LogP) is 2.89. The first-order valence-corrected chi connectivity index (χ1v) is 9.15. The number of carbonyl (C=O) groups is 1. The van der Waals surface area contributed by atoms with E-state index in [0.29, 0.717) is 38.5 Å². The van der Waals surface area contributed by atoms with Gasteiger partial charge in [-0.1, -0.05) is 0 Å². The number of carbonyl (C=O) groups excluding carboxylic acids is 1. The van der Waals surface area contributed by atoms with Gasteiger partial charge in [0.15, 0.2) is 0 Å². The SMILES string of the molecule is CCOC(=O)c1sc2ncn(CCOc3ccc(C#N)cc3)c(=O)c2c1C. The quantitative estimate of drug-likeness (QED) is 0.608. The van der Waals surface area contributed by atoms with E-state index >= 15 is 0 Å². The van der Waals surface area contributed by atoms with Gasteiger partial charge in [-0.15, -0.1) is 11.3 Å². The van der Waals surface area contributed by atoms with E-state index in [-0.39, 0.29) is 18.8 Å². The fourth-order valence-electron chi connectivity index (χ4n) is 2.60. The molecule has 27 heavy (non-hydrogen) atoms. The standard InChI is InChI=1S/C19H17N3O4S/c1-3-25-19(24)16-12(2)15-17(27-16)21-11-22(18(15)23)8-9-26-14-6-4-13(10-20)5-7-14/h4-7,11H,3,8-9H2,1-2H3. The van der Waals surface area contributed by atoms with Crippen molar-refractivity contribution in [2.45, 2.75) is 20.4 Å². The first kappa shape index (κ1) is 18.6. The molecule has 0 fully saturated rings. The molecule has 2 heterocycles. The Morgan fingerprint density at radius 2 is 2.07 bits per heavy atom. The van der Waals surface area contributed by atoms with E-state index in [1.807, 2.05) is 6.07 Å². The minimum atomic E-state index is -0.437. The van der Waals surface area contributed by atoms with Gasteiger partial charge in [0.2, 0.25) is 0 Å². The van der Waals surface area contributed by atoms with Gasteiger partial charge in [-0.25, -0.2) is 9.78 Å². The second-order valence-corrected chi connectivity index (χ2v) is 6.68. The maximum atomic E-state index is 12.8. The Balaban J connectivity index is 1.78. The van der Waals surface area contributed by atoms with Crippen LogP contribution in [0.1, 0.15) is 27.7 Å². The van der Waals surface area contributed by atoms with Crippen LogP contribution in [0.15, 0.2) is 35.4 Å². The molecule has 3 rings (SSSR count). The van der Waals surface area contributed by atoms with Gasteiger partial charge in [0, 0.05) is 0 Å². The summed E-state index contributed by atoms with van der Waals surface area (Å²) in [6.45, 7) is 4.32. The van der Waals surface area contributed by atoms with E-state index in [4.69, 9.17) is 14.7 Å². The second-order valence-electron chi connectivity index (χ2n) is 5.68. The molecule has 0 unspecified atom stereocenters. The van der Waals surface area contributed by atoms with Crippen molar-refractivity contribution >= 4 is 27.5 Å². The maximum absolute atomic E-state index is 12.8. The highest BCUT2D eigenvalue weighted by atomic mass is 32.1. The zero-order valence-electron chi connectivity index (χ0n) is 14.9. The summed E-state index contributed by atoms with van der Waals surface area (Å²) in [4.78, 5) is 30.0. The number of nitrogens with zero attached hydrogens (tertiary/aromatic N) is 3. The number of hydrogen-bond donors (Lipinski definition) is 0. The molecule has 0 saturated heterocycles. The lowest BCUT2D eigenvalue weighted by molar-refractivity contribution is 0.0531. The predicted molar refractivity (Wildman–Crippen MR) is 101 cm³/mol. The number of hydrogen-bond acceptors (Lipinski definition) is 7. The highest BCUT2D eigenvalue weighted by Crippen LogP contribution is 2.27. The van der Waals surface area contributed by atoms with Crippen LogP contribution < -0.4 is 10.3 Å². The number of esters is 1. The highest BCUT2D eigenvalue weighted by Gasteiger charge is 2.20. The van der Waals surface area contributed by atoms with Gasteiger partial charge in [0.05, 0.1) is 36.5 Å². The number of aryl methyl sites for hydroxylation is 1. The number of rotatable bonds is 6. The maximum Gasteiger partial charge on any atom is 0.348 e. The minimum Gasteiger partial charge on any atom is -0.492 e. The molecular weight excluding hydrogens is 366 g/mol. The van der Waals surface area contributed by atoms with Crippen LogP contribution in [0.5, 0.6) is 5.75 Å². The van der Waals surface area contributed by atoms with E-state index in [2.05, 4.69) is 4.98 Å². The molecule has 0 amide bonds. The molecule has 8 heteroatoms. The van der Waals surface area contributed by atoms with Gasteiger partial charge < -0.3 is 9.47 Å². The van der Waals surface area contributed by atoms with Crippen LogP contribution in [0, 0.1) is 18.3 Å². The molecule has 0 bridgehead atoms. The van der Waals surface area contributed by atoms with E-state index in [1.54, 1.807) is 38.1 Å². The van der Waals surface area contributed by atoms with Crippen LogP contribution in [-0.4, -0.2) is 28.7 Å². The number of fused-ring (bicyclic) bond motifs is 1. The number of nitriles is 1. The van der Waals surface area contributed by atoms with Crippen molar-refractivity contribution < 1.29 is 14.3 Å². The molecule has 3 aromatic rings. The molecule has 0 aliphatic rings. The molecule has 0 radical (unpaired) electrons. The van der Waals surface area contributed by atoms with Gasteiger partial charge in [-0.05, 0) is 43.7 Å².